The first kappa shape index (κ1) is 14.6. The Bertz CT molecular complexity index is 682. The summed E-state index contributed by atoms with van der Waals surface area (Å²) in [4.78, 5) is 10.8. The minimum atomic E-state index is -1.28. The fraction of sp³-hybridized carbons (Fsp3) is 0.231. The smallest absolute Gasteiger partial charge is 0.374 e. The van der Waals surface area contributed by atoms with Crippen molar-refractivity contribution in [1.82, 2.24) is 5.16 Å². The molecule has 2 rings (SSSR count). The van der Waals surface area contributed by atoms with Crippen LogP contribution in [-0.2, 0) is 0 Å². The van der Waals surface area contributed by atoms with Crippen molar-refractivity contribution in [2.24, 2.45) is 0 Å². The molecule has 2 aromatic rings. The molecule has 0 amide bonds. The molecular formula is C13H12FNO6. The molecular weight excluding hydrogens is 285 g/mol. The van der Waals surface area contributed by atoms with Gasteiger partial charge in [0.2, 0.25) is 17.3 Å². The summed E-state index contributed by atoms with van der Waals surface area (Å²) in [6, 6.07) is 2.58. The molecule has 0 atom stereocenters. The molecule has 0 spiro atoms. The first-order valence-corrected chi connectivity index (χ1v) is 5.72. The molecule has 7 nitrogen and oxygen atoms in total. The van der Waals surface area contributed by atoms with Crippen LogP contribution in [0.5, 0.6) is 17.2 Å². The molecule has 0 saturated carbocycles. The predicted octanol–water partition coefficient (Wildman–Crippen LogP) is 2.20. The second-order valence-corrected chi connectivity index (χ2v) is 3.89. The zero-order valence-corrected chi connectivity index (χ0v) is 11.5. The maximum atomic E-state index is 14.3. The molecule has 1 heterocycles. The lowest BCUT2D eigenvalue weighted by Gasteiger charge is -2.14. The maximum absolute atomic E-state index is 14.3. The van der Waals surface area contributed by atoms with Gasteiger partial charge >= 0.3 is 5.97 Å². The molecule has 0 fully saturated rings. The molecule has 0 radical (unpaired) electrons. The molecule has 0 aliphatic heterocycles. The fourth-order valence-corrected chi connectivity index (χ4v) is 1.83. The Hall–Kier alpha value is -2.77. The van der Waals surface area contributed by atoms with Crippen molar-refractivity contribution in [2.45, 2.75) is 0 Å². The summed E-state index contributed by atoms with van der Waals surface area (Å²) >= 11 is 0. The number of aromatic nitrogens is 1. The number of aromatic carboxylic acids is 1. The lowest BCUT2D eigenvalue weighted by molar-refractivity contribution is 0.0652. The summed E-state index contributed by atoms with van der Waals surface area (Å²) in [5.74, 6) is -2.60. The van der Waals surface area contributed by atoms with Crippen LogP contribution in [0.3, 0.4) is 0 Å². The molecule has 1 aromatic heterocycles. The number of ether oxygens (including phenoxy) is 3. The van der Waals surface area contributed by atoms with Crippen LogP contribution in [0.4, 0.5) is 4.39 Å². The number of benzene rings is 1. The van der Waals surface area contributed by atoms with Gasteiger partial charge in [-0.3, -0.25) is 0 Å². The third kappa shape index (κ3) is 2.47. The van der Waals surface area contributed by atoms with E-state index in [9.17, 15) is 9.18 Å². The van der Waals surface area contributed by atoms with Crippen LogP contribution < -0.4 is 14.2 Å². The van der Waals surface area contributed by atoms with E-state index in [1.807, 2.05) is 0 Å². The van der Waals surface area contributed by atoms with Crippen LogP contribution in [-0.4, -0.2) is 37.6 Å². The Labute approximate surface area is 118 Å². The SMILES string of the molecule is COc1cc(-c2cc(C(=O)O)on2)c(OC)c(F)c1OC. The van der Waals surface area contributed by atoms with E-state index in [2.05, 4.69) is 9.68 Å². The van der Waals surface area contributed by atoms with E-state index in [1.54, 1.807) is 0 Å². The third-order valence-electron chi connectivity index (χ3n) is 2.77. The first-order valence-electron chi connectivity index (χ1n) is 5.72. The average Bonchev–Trinajstić information content (AvgIpc) is 2.96. The Balaban J connectivity index is 2.66. The number of nitrogens with zero attached hydrogens (tertiary/aromatic N) is 1. The minimum absolute atomic E-state index is 0.101. The van der Waals surface area contributed by atoms with Gasteiger partial charge in [-0.25, -0.2) is 4.79 Å². The first-order chi connectivity index (χ1) is 10.0. The summed E-state index contributed by atoms with van der Waals surface area (Å²) < 4.78 is 33.9. The average molecular weight is 297 g/mol. The topological polar surface area (TPSA) is 91.0 Å². The number of halogens is 1. The number of methoxy groups -OCH3 is 3. The highest BCUT2D eigenvalue weighted by molar-refractivity contribution is 5.86. The molecule has 1 aromatic carbocycles. The summed E-state index contributed by atoms with van der Waals surface area (Å²) in [6.45, 7) is 0. The highest BCUT2D eigenvalue weighted by Gasteiger charge is 2.24. The van der Waals surface area contributed by atoms with Crippen LogP contribution in [0.1, 0.15) is 10.6 Å². The predicted molar refractivity (Wildman–Crippen MR) is 68.5 cm³/mol. The largest absolute Gasteiger partial charge is 0.493 e. The molecule has 0 aliphatic carbocycles. The second-order valence-electron chi connectivity index (χ2n) is 3.89. The summed E-state index contributed by atoms with van der Waals surface area (Å²) in [7, 11) is 3.91. The van der Waals surface area contributed by atoms with Gasteiger partial charge in [0.15, 0.2) is 11.5 Å². The number of carboxylic acid groups (broad SMARTS) is 1. The van der Waals surface area contributed by atoms with Crippen molar-refractivity contribution >= 4 is 5.97 Å². The lowest BCUT2D eigenvalue weighted by atomic mass is 10.1. The monoisotopic (exact) mass is 297 g/mol. The quantitative estimate of drug-likeness (QED) is 0.904. The number of hydrogen-bond acceptors (Lipinski definition) is 6. The summed E-state index contributed by atoms with van der Waals surface area (Å²) in [5, 5.41) is 12.4. The second kappa shape index (κ2) is 5.70. The van der Waals surface area contributed by atoms with Gasteiger partial charge in [-0.2, -0.15) is 4.39 Å². The molecule has 0 bridgehead atoms. The number of rotatable bonds is 5. The van der Waals surface area contributed by atoms with Crippen LogP contribution in [0, 0.1) is 5.82 Å². The molecule has 8 heteroatoms. The van der Waals surface area contributed by atoms with Gasteiger partial charge in [-0.1, -0.05) is 5.16 Å². The lowest BCUT2D eigenvalue weighted by Crippen LogP contribution is -1.99. The van der Waals surface area contributed by atoms with Gasteiger partial charge in [0.1, 0.15) is 5.69 Å². The molecule has 0 aliphatic rings. The van der Waals surface area contributed by atoms with E-state index in [0.717, 1.165) is 6.07 Å². The van der Waals surface area contributed by atoms with E-state index >= 15 is 0 Å². The van der Waals surface area contributed by atoms with Crippen molar-refractivity contribution in [3.05, 3.63) is 23.7 Å². The summed E-state index contributed by atoms with van der Waals surface area (Å²) in [5.41, 5.74) is 0.285. The number of carbonyl (C=O) groups is 1. The Morgan fingerprint density at radius 2 is 1.86 bits per heavy atom. The van der Waals surface area contributed by atoms with Gasteiger partial charge in [-0.15, -0.1) is 0 Å². The zero-order chi connectivity index (χ0) is 15.6. The van der Waals surface area contributed by atoms with E-state index in [1.165, 1.54) is 27.4 Å². The highest BCUT2D eigenvalue weighted by Crippen LogP contribution is 2.43. The van der Waals surface area contributed by atoms with Crippen LogP contribution in [0.2, 0.25) is 0 Å². The van der Waals surface area contributed by atoms with Crippen LogP contribution >= 0.6 is 0 Å². The van der Waals surface area contributed by atoms with Crippen molar-refractivity contribution in [3.63, 3.8) is 0 Å². The van der Waals surface area contributed by atoms with Gasteiger partial charge in [0, 0.05) is 6.07 Å². The normalized spacial score (nSPS) is 10.3. The van der Waals surface area contributed by atoms with Crippen LogP contribution in [0.25, 0.3) is 11.3 Å². The number of carboxylic acids is 1. The standard InChI is InChI=1S/C13H12FNO6/c1-18-8-4-6(7-5-9(13(16)17)21-15-7)11(19-2)10(14)12(8)20-3/h4-5H,1-3H3,(H,16,17). The van der Waals surface area contributed by atoms with Crippen molar-refractivity contribution in [2.75, 3.05) is 21.3 Å². The van der Waals surface area contributed by atoms with E-state index < -0.39 is 11.8 Å². The fourth-order valence-electron chi connectivity index (χ4n) is 1.83. The number of hydrogen-bond donors (Lipinski definition) is 1. The van der Waals surface area contributed by atoms with Crippen molar-refractivity contribution in [3.8, 4) is 28.5 Å². The Kier molecular flexibility index (Phi) is 3.97. The van der Waals surface area contributed by atoms with E-state index in [4.69, 9.17) is 19.3 Å². The van der Waals surface area contributed by atoms with Gasteiger partial charge in [-0.05, 0) is 6.07 Å². The highest BCUT2D eigenvalue weighted by atomic mass is 19.1. The maximum Gasteiger partial charge on any atom is 0.374 e. The van der Waals surface area contributed by atoms with Gasteiger partial charge < -0.3 is 23.8 Å². The van der Waals surface area contributed by atoms with Gasteiger partial charge in [0.25, 0.3) is 0 Å². The van der Waals surface area contributed by atoms with Crippen molar-refractivity contribution in [1.29, 1.82) is 0 Å². The molecule has 112 valence electrons. The molecule has 0 saturated heterocycles. The summed E-state index contributed by atoms with van der Waals surface area (Å²) in [6.07, 6.45) is 0. The molecule has 21 heavy (non-hydrogen) atoms. The van der Waals surface area contributed by atoms with E-state index in [0.29, 0.717) is 0 Å². The van der Waals surface area contributed by atoms with Crippen molar-refractivity contribution < 1.29 is 33.0 Å². The minimum Gasteiger partial charge on any atom is -0.493 e. The Morgan fingerprint density at radius 3 is 2.33 bits per heavy atom. The molecule has 1 N–H and O–H groups in total. The van der Waals surface area contributed by atoms with Gasteiger partial charge in [0.05, 0.1) is 26.9 Å². The van der Waals surface area contributed by atoms with Crippen LogP contribution in [0.15, 0.2) is 16.7 Å². The Morgan fingerprint density at radius 1 is 1.19 bits per heavy atom. The van der Waals surface area contributed by atoms with E-state index in [-0.39, 0.29) is 34.3 Å². The zero-order valence-electron chi connectivity index (χ0n) is 11.5. The third-order valence-corrected chi connectivity index (χ3v) is 2.77. The molecule has 0 unspecified atom stereocenters.